The third kappa shape index (κ3) is 3.00. The Morgan fingerprint density at radius 3 is 2.20 bits per heavy atom. The van der Waals surface area contributed by atoms with Crippen molar-refractivity contribution in [2.45, 2.75) is 70.3 Å². The second-order valence-corrected chi connectivity index (χ2v) is 10.3. The summed E-state index contributed by atoms with van der Waals surface area (Å²) in [5.41, 5.74) is -0.533. The predicted octanol–water partition coefficient (Wildman–Crippen LogP) is 4.41. The SMILES string of the molecule is CCCC[C@]1(c2ccccc2)NC(=O)N(CC(=O)C23CC4CC(CC(C4)C2)C3)C1=O. The van der Waals surface area contributed by atoms with E-state index in [1.165, 1.54) is 24.2 Å². The second kappa shape index (κ2) is 7.21. The van der Waals surface area contributed by atoms with Gasteiger partial charge in [-0.2, -0.15) is 0 Å². The average Bonchev–Trinajstić information content (AvgIpc) is 2.97. The van der Waals surface area contributed by atoms with Gasteiger partial charge in [-0.15, -0.1) is 0 Å². The Morgan fingerprint density at radius 2 is 1.63 bits per heavy atom. The lowest BCUT2D eigenvalue weighted by Gasteiger charge is -2.56. The zero-order valence-corrected chi connectivity index (χ0v) is 17.9. The Bertz CT molecular complexity index is 829. The number of Topliss-reactive ketones (excluding diaryl/α,β-unsaturated/α-hetero) is 1. The normalized spacial score (nSPS) is 37.0. The monoisotopic (exact) mass is 408 g/mol. The van der Waals surface area contributed by atoms with Gasteiger partial charge < -0.3 is 5.32 Å². The van der Waals surface area contributed by atoms with Crippen molar-refractivity contribution in [3.8, 4) is 0 Å². The van der Waals surface area contributed by atoms with Gasteiger partial charge in [-0.25, -0.2) is 4.79 Å². The van der Waals surface area contributed by atoms with Gasteiger partial charge in [0.1, 0.15) is 5.54 Å². The van der Waals surface area contributed by atoms with Gasteiger partial charge in [-0.05, 0) is 68.3 Å². The van der Waals surface area contributed by atoms with Crippen LogP contribution in [-0.2, 0) is 15.1 Å². The number of carbonyl (C=O) groups excluding carboxylic acids is 3. The number of amides is 3. The van der Waals surface area contributed by atoms with Crippen LogP contribution in [0.3, 0.4) is 0 Å². The van der Waals surface area contributed by atoms with Crippen LogP contribution < -0.4 is 5.32 Å². The van der Waals surface area contributed by atoms with Crippen LogP contribution >= 0.6 is 0 Å². The molecule has 4 saturated carbocycles. The molecule has 4 bridgehead atoms. The highest BCUT2D eigenvalue weighted by Gasteiger charge is 2.57. The molecular formula is C25H32N2O3. The number of imide groups is 1. The van der Waals surface area contributed by atoms with Crippen LogP contribution in [0.4, 0.5) is 4.79 Å². The molecule has 1 aliphatic heterocycles. The third-order valence-corrected chi connectivity index (χ3v) is 8.28. The second-order valence-electron chi connectivity index (χ2n) is 10.3. The van der Waals surface area contributed by atoms with Gasteiger partial charge in [0.2, 0.25) is 0 Å². The van der Waals surface area contributed by atoms with E-state index in [1.807, 2.05) is 30.3 Å². The Hall–Kier alpha value is -2.17. The van der Waals surface area contributed by atoms with Gasteiger partial charge in [0.25, 0.3) is 5.91 Å². The van der Waals surface area contributed by atoms with E-state index in [1.54, 1.807) is 0 Å². The molecule has 5 nitrogen and oxygen atoms in total. The number of benzene rings is 1. The van der Waals surface area contributed by atoms with Gasteiger partial charge in [0.05, 0.1) is 6.54 Å². The van der Waals surface area contributed by atoms with Crippen LogP contribution in [0.5, 0.6) is 0 Å². The third-order valence-electron chi connectivity index (χ3n) is 8.28. The number of rotatable bonds is 7. The maximum Gasteiger partial charge on any atom is 0.325 e. The Morgan fingerprint density at radius 1 is 1.03 bits per heavy atom. The molecule has 5 aliphatic rings. The van der Waals surface area contributed by atoms with E-state index in [9.17, 15) is 14.4 Å². The number of unbranched alkanes of at least 4 members (excludes halogenated alkanes) is 1. The molecule has 160 valence electrons. The molecule has 1 saturated heterocycles. The minimum atomic E-state index is -1.05. The summed E-state index contributed by atoms with van der Waals surface area (Å²) < 4.78 is 0. The molecule has 5 heteroatoms. The first-order valence-electron chi connectivity index (χ1n) is 11.7. The van der Waals surface area contributed by atoms with E-state index in [2.05, 4.69) is 12.2 Å². The highest BCUT2D eigenvalue weighted by Crippen LogP contribution is 2.60. The average molecular weight is 409 g/mol. The summed E-state index contributed by atoms with van der Waals surface area (Å²) >= 11 is 0. The molecular weight excluding hydrogens is 376 g/mol. The maximum absolute atomic E-state index is 13.6. The van der Waals surface area contributed by atoms with Crippen LogP contribution in [0.25, 0.3) is 0 Å². The summed E-state index contributed by atoms with van der Waals surface area (Å²) in [4.78, 5) is 41.3. The fourth-order valence-electron chi connectivity index (χ4n) is 7.21. The molecule has 4 aliphatic carbocycles. The van der Waals surface area contributed by atoms with Gasteiger partial charge in [-0.1, -0.05) is 50.1 Å². The van der Waals surface area contributed by atoms with Crippen molar-refractivity contribution >= 4 is 17.7 Å². The number of urea groups is 1. The molecule has 1 heterocycles. The lowest BCUT2D eigenvalue weighted by atomic mass is 9.48. The Balaban J connectivity index is 1.39. The van der Waals surface area contributed by atoms with Crippen molar-refractivity contribution in [1.29, 1.82) is 0 Å². The van der Waals surface area contributed by atoms with Crippen LogP contribution in [0.2, 0.25) is 0 Å². The summed E-state index contributed by atoms with van der Waals surface area (Å²) in [7, 11) is 0. The molecule has 0 aromatic heterocycles. The number of carbonyl (C=O) groups is 3. The van der Waals surface area contributed by atoms with Gasteiger partial charge in [0.15, 0.2) is 5.78 Å². The summed E-state index contributed by atoms with van der Waals surface area (Å²) in [6.07, 6.45) is 9.00. The zero-order valence-electron chi connectivity index (χ0n) is 17.9. The molecule has 1 N–H and O–H groups in total. The minimum Gasteiger partial charge on any atom is -0.319 e. The van der Waals surface area contributed by atoms with Crippen molar-refractivity contribution in [2.24, 2.45) is 23.2 Å². The summed E-state index contributed by atoms with van der Waals surface area (Å²) in [6.45, 7) is 2.01. The molecule has 0 spiro atoms. The molecule has 30 heavy (non-hydrogen) atoms. The van der Waals surface area contributed by atoms with Crippen molar-refractivity contribution in [2.75, 3.05) is 6.54 Å². The zero-order chi connectivity index (χ0) is 20.9. The first kappa shape index (κ1) is 19.8. The molecule has 6 rings (SSSR count). The molecule has 1 atom stereocenters. The predicted molar refractivity (Wildman–Crippen MR) is 114 cm³/mol. The van der Waals surface area contributed by atoms with Crippen LogP contribution in [0, 0.1) is 23.2 Å². The fraction of sp³-hybridized carbons (Fsp3) is 0.640. The maximum atomic E-state index is 13.6. The minimum absolute atomic E-state index is 0.0719. The number of hydrogen-bond acceptors (Lipinski definition) is 3. The topological polar surface area (TPSA) is 66.5 Å². The number of nitrogens with one attached hydrogen (secondary N) is 1. The highest BCUT2D eigenvalue weighted by molar-refractivity contribution is 6.10. The first-order valence-corrected chi connectivity index (χ1v) is 11.7. The fourth-order valence-corrected chi connectivity index (χ4v) is 7.21. The molecule has 0 radical (unpaired) electrons. The van der Waals surface area contributed by atoms with E-state index >= 15 is 0 Å². The van der Waals surface area contributed by atoms with Crippen molar-refractivity contribution < 1.29 is 14.4 Å². The number of hydrogen-bond donors (Lipinski definition) is 1. The van der Waals surface area contributed by atoms with Crippen molar-refractivity contribution in [1.82, 2.24) is 10.2 Å². The van der Waals surface area contributed by atoms with E-state index in [-0.39, 0.29) is 23.7 Å². The van der Waals surface area contributed by atoms with Crippen molar-refractivity contribution in [3.05, 3.63) is 35.9 Å². The van der Waals surface area contributed by atoms with Gasteiger partial charge >= 0.3 is 6.03 Å². The van der Waals surface area contributed by atoms with E-state index in [0.29, 0.717) is 24.2 Å². The molecule has 1 aromatic rings. The molecule has 5 fully saturated rings. The summed E-state index contributed by atoms with van der Waals surface area (Å²) in [5.74, 6) is 1.85. The van der Waals surface area contributed by atoms with Gasteiger partial charge in [0, 0.05) is 5.41 Å². The smallest absolute Gasteiger partial charge is 0.319 e. The summed E-state index contributed by atoms with van der Waals surface area (Å²) in [5, 5.41) is 2.98. The number of ketones is 1. The van der Waals surface area contributed by atoms with E-state index in [4.69, 9.17) is 0 Å². The summed E-state index contributed by atoms with van der Waals surface area (Å²) in [6, 6.07) is 9.08. The Kier molecular flexibility index (Phi) is 4.75. The lowest BCUT2D eigenvalue weighted by Crippen LogP contribution is -2.53. The first-order chi connectivity index (χ1) is 14.5. The van der Waals surface area contributed by atoms with Crippen molar-refractivity contribution in [3.63, 3.8) is 0 Å². The largest absolute Gasteiger partial charge is 0.325 e. The standard InChI is InChI=1S/C25H32N2O3/c1-2-3-9-25(20-7-5-4-6-8-20)22(29)27(23(30)26-25)16-21(28)24-13-17-10-18(14-24)12-19(11-17)15-24/h4-8,17-19H,2-3,9-16H2,1H3,(H,26,30)/t17?,18?,19?,24?,25-/m1/s1. The van der Waals surface area contributed by atoms with E-state index < -0.39 is 11.6 Å². The van der Waals surface area contributed by atoms with Crippen LogP contribution in [0.1, 0.15) is 70.3 Å². The molecule has 1 aromatic carbocycles. The highest BCUT2D eigenvalue weighted by atomic mass is 16.2. The van der Waals surface area contributed by atoms with Crippen LogP contribution in [0.15, 0.2) is 30.3 Å². The molecule has 0 unspecified atom stereocenters. The molecule has 3 amide bonds. The Labute approximate surface area is 178 Å². The quantitative estimate of drug-likeness (QED) is 0.680. The van der Waals surface area contributed by atoms with E-state index in [0.717, 1.165) is 37.7 Å². The van der Waals surface area contributed by atoms with Crippen LogP contribution in [-0.4, -0.2) is 29.2 Å². The van der Waals surface area contributed by atoms with Gasteiger partial charge in [-0.3, -0.25) is 14.5 Å². The lowest BCUT2D eigenvalue weighted by molar-refractivity contribution is -0.147. The number of nitrogens with zero attached hydrogens (tertiary/aromatic N) is 1.